The van der Waals surface area contributed by atoms with Crippen molar-refractivity contribution in [1.82, 2.24) is 4.98 Å². The number of pyridine rings is 1. The number of ether oxygens (including phenoxy) is 2. The smallest absolute Gasteiger partial charge is 0.213 e. The van der Waals surface area contributed by atoms with E-state index >= 15 is 0 Å². The van der Waals surface area contributed by atoms with Gasteiger partial charge in [0.1, 0.15) is 0 Å². The molecule has 2 rings (SSSR count). The number of aliphatic hydroxyl groups is 1. The number of nitrogens with zero attached hydrogens (tertiary/aromatic N) is 1. The summed E-state index contributed by atoms with van der Waals surface area (Å²) in [5.41, 5.74) is 1.23. The molecule has 0 radical (unpaired) electrons. The molecule has 1 heterocycles. The minimum absolute atomic E-state index is 0.0554. The average Bonchev–Trinajstić information content (AvgIpc) is 2.48. The van der Waals surface area contributed by atoms with E-state index in [1.165, 1.54) is 5.56 Å². The van der Waals surface area contributed by atoms with Crippen molar-refractivity contribution in [1.29, 1.82) is 0 Å². The maximum absolute atomic E-state index is 9.35. The second-order valence-corrected chi connectivity index (χ2v) is 7.84. The summed E-state index contributed by atoms with van der Waals surface area (Å²) < 4.78 is 11.2. The van der Waals surface area contributed by atoms with Crippen LogP contribution < -0.4 is 4.74 Å². The highest BCUT2D eigenvalue weighted by Crippen LogP contribution is 2.32. The Hall–Kier alpha value is -1.13. The van der Waals surface area contributed by atoms with Crippen LogP contribution in [0.4, 0.5) is 0 Å². The van der Waals surface area contributed by atoms with Crippen molar-refractivity contribution in [2.24, 2.45) is 17.3 Å². The first-order valence-corrected chi connectivity index (χ1v) is 8.63. The topological polar surface area (TPSA) is 51.6 Å². The van der Waals surface area contributed by atoms with E-state index in [9.17, 15) is 5.11 Å². The molecule has 4 heteroatoms. The highest BCUT2D eigenvalue weighted by Gasteiger charge is 2.28. The molecule has 1 N–H and O–H groups in total. The van der Waals surface area contributed by atoms with Gasteiger partial charge in [0.25, 0.3) is 0 Å². The van der Waals surface area contributed by atoms with Crippen LogP contribution in [0, 0.1) is 17.3 Å². The molecular formula is C19H31NO3. The third kappa shape index (κ3) is 5.78. The summed E-state index contributed by atoms with van der Waals surface area (Å²) in [4.78, 5) is 4.31. The molecule has 0 saturated heterocycles. The Kier molecular flexibility index (Phi) is 6.42. The Labute approximate surface area is 140 Å². The SMILES string of the molecule is COC1CC(Cc2ccnc(OCC(C)CC(C)(C)CO)c2)C1. The molecule has 1 aliphatic rings. The van der Waals surface area contributed by atoms with Gasteiger partial charge in [0.15, 0.2) is 0 Å². The minimum Gasteiger partial charge on any atom is -0.477 e. The van der Waals surface area contributed by atoms with Gasteiger partial charge in [-0.3, -0.25) is 0 Å². The molecule has 1 aromatic rings. The molecule has 1 unspecified atom stereocenters. The molecule has 0 amide bonds. The van der Waals surface area contributed by atoms with E-state index in [0.717, 1.165) is 31.6 Å². The van der Waals surface area contributed by atoms with Gasteiger partial charge in [0, 0.05) is 26.0 Å². The van der Waals surface area contributed by atoms with Crippen LogP contribution in [0.15, 0.2) is 18.3 Å². The molecule has 1 atom stereocenters. The maximum atomic E-state index is 9.35. The van der Waals surface area contributed by atoms with Gasteiger partial charge in [0.05, 0.1) is 12.7 Å². The molecule has 130 valence electrons. The summed E-state index contributed by atoms with van der Waals surface area (Å²) >= 11 is 0. The van der Waals surface area contributed by atoms with Crippen molar-refractivity contribution >= 4 is 0 Å². The van der Waals surface area contributed by atoms with Crippen molar-refractivity contribution in [2.45, 2.75) is 52.6 Å². The molecule has 4 nitrogen and oxygen atoms in total. The van der Waals surface area contributed by atoms with Gasteiger partial charge in [-0.05, 0) is 54.6 Å². The maximum Gasteiger partial charge on any atom is 0.213 e. The highest BCUT2D eigenvalue weighted by molar-refractivity contribution is 5.21. The number of hydrogen-bond donors (Lipinski definition) is 1. The standard InChI is InChI=1S/C19H31NO3/c1-14(11-19(2,3)13-21)12-23-18-10-15(5-6-20-18)7-16-8-17(9-16)22-4/h5-6,10,14,16-17,21H,7-9,11-13H2,1-4H3. The van der Waals surface area contributed by atoms with Gasteiger partial charge in [0.2, 0.25) is 5.88 Å². The Morgan fingerprint density at radius 3 is 2.78 bits per heavy atom. The lowest BCUT2D eigenvalue weighted by Crippen LogP contribution is -2.31. The molecule has 23 heavy (non-hydrogen) atoms. The molecule has 0 bridgehead atoms. The molecule has 1 saturated carbocycles. The third-order valence-electron chi connectivity index (χ3n) is 4.69. The van der Waals surface area contributed by atoms with Crippen LogP contribution in [-0.4, -0.2) is 36.5 Å². The second-order valence-electron chi connectivity index (χ2n) is 7.84. The average molecular weight is 321 g/mol. The number of aliphatic hydroxyl groups excluding tert-OH is 1. The summed E-state index contributed by atoms with van der Waals surface area (Å²) in [5.74, 6) is 1.81. The number of aromatic nitrogens is 1. The highest BCUT2D eigenvalue weighted by atomic mass is 16.5. The van der Waals surface area contributed by atoms with Crippen LogP contribution in [0.25, 0.3) is 0 Å². The number of hydrogen-bond acceptors (Lipinski definition) is 4. The molecule has 0 aliphatic heterocycles. The zero-order valence-electron chi connectivity index (χ0n) is 14.9. The van der Waals surface area contributed by atoms with Crippen molar-refractivity contribution in [3.63, 3.8) is 0 Å². The summed E-state index contributed by atoms with van der Waals surface area (Å²) in [6.45, 7) is 7.15. The second kappa shape index (κ2) is 8.11. The minimum atomic E-state index is -0.0554. The van der Waals surface area contributed by atoms with Gasteiger partial charge in [-0.2, -0.15) is 0 Å². The van der Waals surface area contributed by atoms with E-state index in [0.29, 0.717) is 24.5 Å². The van der Waals surface area contributed by atoms with Crippen LogP contribution in [0.2, 0.25) is 0 Å². The van der Waals surface area contributed by atoms with Gasteiger partial charge in [-0.15, -0.1) is 0 Å². The zero-order chi connectivity index (χ0) is 16.9. The van der Waals surface area contributed by atoms with Crippen molar-refractivity contribution in [3.05, 3.63) is 23.9 Å². The van der Waals surface area contributed by atoms with E-state index < -0.39 is 0 Å². The summed E-state index contributed by atoms with van der Waals surface area (Å²) in [7, 11) is 1.79. The first-order valence-electron chi connectivity index (χ1n) is 8.63. The van der Waals surface area contributed by atoms with E-state index in [1.54, 1.807) is 7.11 Å². The largest absolute Gasteiger partial charge is 0.477 e. The van der Waals surface area contributed by atoms with Crippen LogP contribution in [0.1, 0.15) is 45.6 Å². The van der Waals surface area contributed by atoms with Crippen LogP contribution in [0.5, 0.6) is 5.88 Å². The number of methoxy groups -OCH3 is 1. The zero-order valence-corrected chi connectivity index (χ0v) is 14.9. The predicted octanol–water partition coefficient (Wildman–Crippen LogP) is 3.47. The lowest BCUT2D eigenvalue weighted by atomic mass is 9.78. The molecule has 1 aliphatic carbocycles. The fourth-order valence-electron chi connectivity index (χ4n) is 3.32. The van der Waals surface area contributed by atoms with Gasteiger partial charge >= 0.3 is 0 Å². The van der Waals surface area contributed by atoms with Gasteiger partial charge < -0.3 is 14.6 Å². The van der Waals surface area contributed by atoms with Crippen molar-refractivity contribution in [2.75, 3.05) is 20.3 Å². The molecular weight excluding hydrogens is 290 g/mol. The van der Waals surface area contributed by atoms with Gasteiger partial charge in [-0.1, -0.05) is 20.8 Å². The quantitative estimate of drug-likeness (QED) is 0.756. The van der Waals surface area contributed by atoms with E-state index in [1.807, 2.05) is 6.20 Å². The fourth-order valence-corrected chi connectivity index (χ4v) is 3.32. The molecule has 1 aromatic heterocycles. The van der Waals surface area contributed by atoms with Crippen LogP contribution in [0.3, 0.4) is 0 Å². The first kappa shape index (κ1) is 18.2. The monoisotopic (exact) mass is 321 g/mol. The van der Waals surface area contributed by atoms with Crippen LogP contribution in [-0.2, 0) is 11.2 Å². The normalized spacial score (nSPS) is 22.5. The van der Waals surface area contributed by atoms with Crippen molar-refractivity contribution < 1.29 is 14.6 Å². The fraction of sp³-hybridized carbons (Fsp3) is 0.737. The molecule has 1 fully saturated rings. The lowest BCUT2D eigenvalue weighted by molar-refractivity contribution is 0.00143. The lowest BCUT2D eigenvalue weighted by Gasteiger charge is -2.34. The molecule has 0 spiro atoms. The summed E-state index contributed by atoms with van der Waals surface area (Å²) in [6.07, 6.45) is 6.60. The number of rotatable bonds is 9. The Morgan fingerprint density at radius 2 is 2.13 bits per heavy atom. The van der Waals surface area contributed by atoms with Crippen LogP contribution >= 0.6 is 0 Å². The van der Waals surface area contributed by atoms with E-state index in [-0.39, 0.29) is 12.0 Å². The Bertz CT molecular complexity index is 483. The summed E-state index contributed by atoms with van der Waals surface area (Å²) in [6, 6.07) is 4.13. The summed E-state index contributed by atoms with van der Waals surface area (Å²) in [5, 5.41) is 9.35. The van der Waals surface area contributed by atoms with E-state index in [2.05, 4.69) is 37.9 Å². The first-order chi connectivity index (χ1) is 10.9. The van der Waals surface area contributed by atoms with Crippen molar-refractivity contribution in [3.8, 4) is 5.88 Å². The molecule has 0 aromatic carbocycles. The van der Waals surface area contributed by atoms with Gasteiger partial charge in [-0.25, -0.2) is 4.98 Å². The third-order valence-corrected chi connectivity index (χ3v) is 4.69. The van der Waals surface area contributed by atoms with E-state index in [4.69, 9.17) is 9.47 Å². The Balaban J connectivity index is 1.78. The Morgan fingerprint density at radius 1 is 1.39 bits per heavy atom. The predicted molar refractivity (Wildman–Crippen MR) is 91.6 cm³/mol.